The number of hydrogen-bond donors (Lipinski definition) is 1. The molecule has 6 heteroatoms. The number of esters is 1. The van der Waals surface area contributed by atoms with E-state index in [9.17, 15) is 4.79 Å². The Morgan fingerprint density at radius 1 is 1.38 bits per heavy atom. The van der Waals surface area contributed by atoms with Gasteiger partial charge in [0.1, 0.15) is 5.75 Å². The van der Waals surface area contributed by atoms with Gasteiger partial charge in [-0.25, -0.2) is 4.79 Å². The number of methoxy groups -OCH3 is 1. The minimum absolute atomic E-state index is 0.140. The van der Waals surface area contributed by atoms with Gasteiger partial charge in [-0.3, -0.25) is 4.68 Å². The van der Waals surface area contributed by atoms with Crippen LogP contribution in [0.4, 0.5) is 0 Å². The zero-order valence-corrected chi connectivity index (χ0v) is 12.2. The number of nitrogens with zero attached hydrogens (tertiary/aromatic N) is 2. The van der Waals surface area contributed by atoms with Gasteiger partial charge in [0.05, 0.1) is 31.5 Å². The molecule has 0 aliphatic carbocycles. The van der Waals surface area contributed by atoms with E-state index in [0.29, 0.717) is 18.7 Å². The summed E-state index contributed by atoms with van der Waals surface area (Å²) in [5.41, 5.74) is 7.26. The van der Waals surface area contributed by atoms with Gasteiger partial charge < -0.3 is 15.2 Å². The number of ether oxygens (including phenoxy) is 2. The van der Waals surface area contributed by atoms with Crippen molar-refractivity contribution < 1.29 is 14.3 Å². The predicted molar refractivity (Wildman–Crippen MR) is 78.4 cm³/mol. The smallest absolute Gasteiger partial charge is 0.341 e. The Morgan fingerprint density at radius 2 is 2.10 bits per heavy atom. The molecule has 2 rings (SSSR count). The average Bonchev–Trinajstić information content (AvgIpc) is 2.99. The second kappa shape index (κ2) is 6.90. The quantitative estimate of drug-likeness (QED) is 0.817. The summed E-state index contributed by atoms with van der Waals surface area (Å²) >= 11 is 0. The van der Waals surface area contributed by atoms with E-state index in [1.54, 1.807) is 24.9 Å². The van der Waals surface area contributed by atoms with Crippen LogP contribution in [0, 0.1) is 0 Å². The number of benzene rings is 1. The first-order valence-corrected chi connectivity index (χ1v) is 6.74. The normalized spacial score (nSPS) is 12.0. The molecule has 2 N–H and O–H groups in total. The Morgan fingerprint density at radius 3 is 2.67 bits per heavy atom. The van der Waals surface area contributed by atoms with Gasteiger partial charge in [0, 0.05) is 12.7 Å². The molecule has 1 atom stereocenters. The van der Waals surface area contributed by atoms with Gasteiger partial charge in [0.2, 0.25) is 0 Å². The van der Waals surface area contributed by atoms with Gasteiger partial charge in [-0.15, -0.1) is 0 Å². The molecule has 0 amide bonds. The summed E-state index contributed by atoms with van der Waals surface area (Å²) in [7, 11) is 1.62. The molecule has 0 fully saturated rings. The van der Waals surface area contributed by atoms with Gasteiger partial charge in [-0.05, 0) is 24.6 Å². The summed E-state index contributed by atoms with van der Waals surface area (Å²) in [6.07, 6.45) is 3.14. The lowest BCUT2D eigenvalue weighted by Gasteiger charge is -2.16. The molecule has 0 aliphatic rings. The zero-order valence-electron chi connectivity index (χ0n) is 12.2. The second-order valence-corrected chi connectivity index (χ2v) is 4.45. The van der Waals surface area contributed by atoms with E-state index < -0.39 is 0 Å². The molecule has 0 aliphatic heterocycles. The second-order valence-electron chi connectivity index (χ2n) is 4.45. The number of hydrogen-bond acceptors (Lipinski definition) is 5. The fourth-order valence-electron chi connectivity index (χ4n) is 2.05. The summed E-state index contributed by atoms with van der Waals surface area (Å²) in [6.45, 7) is 2.47. The van der Waals surface area contributed by atoms with E-state index in [4.69, 9.17) is 15.2 Å². The molecule has 0 radical (unpaired) electrons. The van der Waals surface area contributed by atoms with Gasteiger partial charge >= 0.3 is 5.97 Å². The third kappa shape index (κ3) is 3.41. The monoisotopic (exact) mass is 289 g/mol. The lowest BCUT2D eigenvalue weighted by molar-refractivity contribution is 0.0526. The van der Waals surface area contributed by atoms with Crippen LogP contribution in [-0.2, 0) is 4.74 Å². The van der Waals surface area contributed by atoms with Crippen molar-refractivity contribution >= 4 is 5.97 Å². The molecule has 0 spiro atoms. The summed E-state index contributed by atoms with van der Waals surface area (Å²) in [4.78, 5) is 11.7. The highest BCUT2D eigenvalue weighted by Crippen LogP contribution is 2.20. The highest BCUT2D eigenvalue weighted by atomic mass is 16.5. The number of aromatic nitrogens is 2. The van der Waals surface area contributed by atoms with Gasteiger partial charge in [0.15, 0.2) is 0 Å². The Balaban J connectivity index is 2.22. The summed E-state index contributed by atoms with van der Waals surface area (Å²) in [6, 6.07) is 7.46. The van der Waals surface area contributed by atoms with Crippen molar-refractivity contribution in [3.63, 3.8) is 0 Å². The summed E-state index contributed by atoms with van der Waals surface area (Å²) in [5.74, 6) is 0.399. The lowest BCUT2D eigenvalue weighted by atomic mass is 10.1. The first-order chi connectivity index (χ1) is 10.2. The first kappa shape index (κ1) is 15.1. The van der Waals surface area contributed by atoms with Crippen molar-refractivity contribution in [2.75, 3.05) is 20.3 Å². The maximum atomic E-state index is 11.7. The average molecular weight is 289 g/mol. The lowest BCUT2D eigenvalue weighted by Crippen LogP contribution is -2.20. The fraction of sp³-hybridized carbons (Fsp3) is 0.333. The molecule has 1 aromatic heterocycles. The van der Waals surface area contributed by atoms with Crippen LogP contribution in [0.3, 0.4) is 0 Å². The van der Waals surface area contributed by atoms with E-state index in [-0.39, 0.29) is 12.0 Å². The Kier molecular flexibility index (Phi) is 4.94. The molecular formula is C15H19N3O3. The topological polar surface area (TPSA) is 79.4 Å². The van der Waals surface area contributed by atoms with Crippen LogP contribution in [-0.4, -0.2) is 36.0 Å². The van der Waals surface area contributed by atoms with Crippen LogP contribution in [0.5, 0.6) is 5.75 Å². The van der Waals surface area contributed by atoms with Crippen molar-refractivity contribution in [2.24, 2.45) is 5.73 Å². The largest absolute Gasteiger partial charge is 0.497 e. The van der Waals surface area contributed by atoms with Crippen molar-refractivity contribution in [2.45, 2.75) is 13.0 Å². The van der Waals surface area contributed by atoms with E-state index in [0.717, 1.165) is 11.3 Å². The number of carbonyl (C=O) groups excluding carboxylic acids is 1. The maximum Gasteiger partial charge on any atom is 0.341 e. The number of carbonyl (C=O) groups is 1. The molecule has 112 valence electrons. The molecule has 0 bridgehead atoms. The molecule has 0 saturated carbocycles. The molecule has 1 heterocycles. The molecule has 1 aromatic carbocycles. The Bertz CT molecular complexity index is 592. The third-order valence-electron chi connectivity index (χ3n) is 3.16. The van der Waals surface area contributed by atoms with E-state index in [1.807, 2.05) is 24.3 Å². The van der Waals surface area contributed by atoms with Crippen molar-refractivity contribution in [1.82, 2.24) is 9.78 Å². The van der Waals surface area contributed by atoms with Crippen LogP contribution in [0.1, 0.15) is 28.9 Å². The van der Waals surface area contributed by atoms with Gasteiger partial charge in [0.25, 0.3) is 0 Å². The molecule has 21 heavy (non-hydrogen) atoms. The minimum atomic E-state index is -0.380. The van der Waals surface area contributed by atoms with Crippen LogP contribution < -0.4 is 10.5 Å². The molecular weight excluding hydrogens is 270 g/mol. The standard InChI is InChI=1S/C15H19N3O3/c1-3-21-15(19)12-9-17-18(10-12)14(8-16)11-4-6-13(20-2)7-5-11/h4-7,9-10,14H,3,8,16H2,1-2H3. The van der Waals surface area contributed by atoms with E-state index >= 15 is 0 Å². The van der Waals surface area contributed by atoms with Crippen LogP contribution >= 0.6 is 0 Å². The van der Waals surface area contributed by atoms with Crippen LogP contribution in [0.2, 0.25) is 0 Å². The number of nitrogens with two attached hydrogens (primary N) is 1. The number of rotatable bonds is 6. The SMILES string of the molecule is CCOC(=O)c1cnn(C(CN)c2ccc(OC)cc2)c1. The van der Waals surface area contributed by atoms with Gasteiger partial charge in [-0.2, -0.15) is 5.10 Å². The van der Waals surface area contributed by atoms with Crippen molar-refractivity contribution in [1.29, 1.82) is 0 Å². The van der Waals surface area contributed by atoms with Crippen LogP contribution in [0.15, 0.2) is 36.7 Å². The van der Waals surface area contributed by atoms with Crippen molar-refractivity contribution in [3.8, 4) is 5.75 Å². The Labute approximate surface area is 123 Å². The third-order valence-corrected chi connectivity index (χ3v) is 3.16. The van der Waals surface area contributed by atoms with E-state index in [2.05, 4.69) is 5.10 Å². The molecule has 0 saturated heterocycles. The van der Waals surface area contributed by atoms with Crippen LogP contribution in [0.25, 0.3) is 0 Å². The summed E-state index contributed by atoms with van der Waals surface area (Å²) < 4.78 is 11.8. The molecule has 6 nitrogen and oxygen atoms in total. The Hall–Kier alpha value is -2.34. The van der Waals surface area contributed by atoms with Crippen molar-refractivity contribution in [3.05, 3.63) is 47.8 Å². The molecule has 2 aromatic rings. The predicted octanol–water partition coefficient (Wildman–Crippen LogP) is 1.62. The highest BCUT2D eigenvalue weighted by Gasteiger charge is 2.16. The highest BCUT2D eigenvalue weighted by molar-refractivity contribution is 5.88. The van der Waals surface area contributed by atoms with Gasteiger partial charge in [-0.1, -0.05) is 12.1 Å². The maximum absolute atomic E-state index is 11.7. The van der Waals surface area contributed by atoms with E-state index in [1.165, 1.54) is 6.20 Å². The zero-order chi connectivity index (χ0) is 15.2. The molecule has 1 unspecified atom stereocenters. The minimum Gasteiger partial charge on any atom is -0.497 e. The first-order valence-electron chi connectivity index (χ1n) is 6.74. The fourth-order valence-corrected chi connectivity index (χ4v) is 2.05. The summed E-state index contributed by atoms with van der Waals surface area (Å²) in [5, 5.41) is 4.21.